The minimum absolute atomic E-state index is 0.00907. The van der Waals surface area contributed by atoms with Gasteiger partial charge in [-0.3, -0.25) is 0 Å². The van der Waals surface area contributed by atoms with E-state index in [4.69, 9.17) is 5.11 Å². The molecule has 0 aliphatic carbocycles. The molecule has 1 atom stereocenters. The van der Waals surface area contributed by atoms with Crippen LogP contribution in [0.2, 0.25) is 0 Å². The van der Waals surface area contributed by atoms with E-state index in [0.29, 0.717) is 18.4 Å². The first kappa shape index (κ1) is 10.7. The highest BCUT2D eigenvalue weighted by molar-refractivity contribution is 7.92. The summed E-state index contributed by atoms with van der Waals surface area (Å²) in [6.45, 7) is 3.72. The topological polar surface area (TPSA) is 54.4 Å². The molecule has 1 fully saturated rings. The van der Waals surface area contributed by atoms with E-state index < -0.39 is 15.1 Å². The second-order valence-corrected chi connectivity index (χ2v) is 5.79. The highest BCUT2D eigenvalue weighted by Gasteiger charge is 2.30. The lowest BCUT2D eigenvalue weighted by atomic mass is 10.1. The summed E-state index contributed by atoms with van der Waals surface area (Å²) in [4.78, 5) is 0. The van der Waals surface area contributed by atoms with E-state index in [9.17, 15) is 8.42 Å². The van der Waals surface area contributed by atoms with Gasteiger partial charge in [-0.15, -0.1) is 0 Å². The van der Waals surface area contributed by atoms with Crippen LogP contribution in [-0.4, -0.2) is 31.1 Å². The van der Waals surface area contributed by atoms with Crippen molar-refractivity contribution in [2.75, 3.05) is 12.4 Å². The second kappa shape index (κ2) is 4.24. The molecule has 0 bridgehead atoms. The van der Waals surface area contributed by atoms with Gasteiger partial charge in [-0.1, -0.05) is 18.6 Å². The monoisotopic (exact) mass is 204 g/mol. The van der Waals surface area contributed by atoms with Gasteiger partial charge in [-0.2, -0.15) is 0 Å². The Hall–Kier alpha value is -0.350. The molecular weight excluding hydrogens is 188 g/mol. The zero-order valence-electron chi connectivity index (χ0n) is 7.70. The largest absolute Gasteiger partial charge is 0.396 e. The standard InChI is InChI=1S/C9H16O3S/c1-8(5-6-10)9-4-2-3-7-13(9,11)12/h9-10H,1-7H2. The average molecular weight is 204 g/mol. The van der Waals surface area contributed by atoms with Crippen LogP contribution < -0.4 is 0 Å². The fraction of sp³-hybridized carbons (Fsp3) is 0.778. The Morgan fingerprint density at radius 2 is 2.15 bits per heavy atom. The summed E-state index contributed by atoms with van der Waals surface area (Å²) in [6.07, 6.45) is 2.81. The Morgan fingerprint density at radius 1 is 1.46 bits per heavy atom. The summed E-state index contributed by atoms with van der Waals surface area (Å²) in [6, 6.07) is 0. The van der Waals surface area contributed by atoms with Gasteiger partial charge < -0.3 is 5.11 Å². The van der Waals surface area contributed by atoms with Gasteiger partial charge in [0.2, 0.25) is 0 Å². The van der Waals surface area contributed by atoms with Crippen LogP contribution in [0.25, 0.3) is 0 Å². The molecule has 0 radical (unpaired) electrons. The number of sulfone groups is 1. The molecule has 0 spiro atoms. The first-order valence-corrected chi connectivity index (χ1v) is 6.29. The van der Waals surface area contributed by atoms with Crippen molar-refractivity contribution in [1.82, 2.24) is 0 Å². The average Bonchev–Trinajstić information content (AvgIpc) is 2.03. The zero-order valence-corrected chi connectivity index (χ0v) is 8.52. The van der Waals surface area contributed by atoms with Crippen LogP contribution in [0.4, 0.5) is 0 Å². The Labute approximate surface area is 79.4 Å². The van der Waals surface area contributed by atoms with E-state index in [0.717, 1.165) is 12.8 Å². The Kier molecular flexibility index (Phi) is 3.50. The Bertz CT molecular complexity index is 279. The number of rotatable bonds is 3. The fourth-order valence-corrected chi connectivity index (χ4v) is 3.76. The molecule has 1 heterocycles. The summed E-state index contributed by atoms with van der Waals surface area (Å²) in [7, 11) is -2.96. The van der Waals surface area contributed by atoms with E-state index in [2.05, 4.69) is 6.58 Å². The van der Waals surface area contributed by atoms with E-state index in [-0.39, 0.29) is 12.4 Å². The first-order valence-electron chi connectivity index (χ1n) is 4.58. The van der Waals surface area contributed by atoms with Crippen molar-refractivity contribution in [3.8, 4) is 0 Å². The first-order chi connectivity index (χ1) is 6.08. The van der Waals surface area contributed by atoms with E-state index in [1.807, 2.05) is 0 Å². The van der Waals surface area contributed by atoms with Gasteiger partial charge >= 0.3 is 0 Å². The highest BCUT2D eigenvalue weighted by atomic mass is 32.2. The van der Waals surface area contributed by atoms with Crippen LogP contribution in [-0.2, 0) is 9.84 Å². The lowest BCUT2D eigenvalue weighted by Gasteiger charge is -2.23. The van der Waals surface area contributed by atoms with Crippen molar-refractivity contribution in [2.24, 2.45) is 0 Å². The molecule has 1 aliphatic heterocycles. The fourth-order valence-electron chi connectivity index (χ4n) is 1.72. The summed E-state index contributed by atoms with van der Waals surface area (Å²) in [5.41, 5.74) is 0.669. The van der Waals surface area contributed by atoms with Crippen LogP contribution in [0, 0.1) is 0 Å². The van der Waals surface area contributed by atoms with Crippen molar-refractivity contribution in [3.05, 3.63) is 12.2 Å². The smallest absolute Gasteiger partial charge is 0.156 e. The van der Waals surface area contributed by atoms with Crippen molar-refractivity contribution >= 4 is 9.84 Å². The van der Waals surface area contributed by atoms with Crippen LogP contribution >= 0.6 is 0 Å². The predicted molar refractivity (Wildman–Crippen MR) is 52.3 cm³/mol. The predicted octanol–water partition coefficient (Wildman–Crippen LogP) is 0.892. The molecule has 76 valence electrons. The van der Waals surface area contributed by atoms with Crippen molar-refractivity contribution in [1.29, 1.82) is 0 Å². The number of aliphatic hydroxyl groups excluding tert-OH is 1. The Morgan fingerprint density at radius 3 is 2.69 bits per heavy atom. The third-order valence-electron chi connectivity index (χ3n) is 2.47. The highest BCUT2D eigenvalue weighted by Crippen LogP contribution is 2.25. The summed E-state index contributed by atoms with van der Waals surface area (Å²) >= 11 is 0. The van der Waals surface area contributed by atoms with Crippen molar-refractivity contribution < 1.29 is 13.5 Å². The molecule has 0 aromatic carbocycles. The van der Waals surface area contributed by atoms with Crippen molar-refractivity contribution in [3.63, 3.8) is 0 Å². The number of hydrogen-bond acceptors (Lipinski definition) is 3. The van der Waals surface area contributed by atoms with Gasteiger partial charge in [0, 0.05) is 6.61 Å². The van der Waals surface area contributed by atoms with Gasteiger partial charge in [0.15, 0.2) is 9.84 Å². The zero-order chi connectivity index (χ0) is 9.90. The maximum absolute atomic E-state index is 11.6. The molecule has 1 unspecified atom stereocenters. The van der Waals surface area contributed by atoms with Gasteiger partial charge in [0.25, 0.3) is 0 Å². The number of hydrogen-bond donors (Lipinski definition) is 1. The molecule has 0 aromatic heterocycles. The molecule has 1 rings (SSSR count). The van der Waals surface area contributed by atoms with Gasteiger partial charge in [0.05, 0.1) is 11.0 Å². The summed E-state index contributed by atoms with van der Waals surface area (Å²) in [5, 5.41) is 8.29. The van der Waals surface area contributed by atoms with Crippen LogP contribution in [0.3, 0.4) is 0 Å². The minimum atomic E-state index is -2.96. The molecule has 3 nitrogen and oxygen atoms in total. The molecule has 1 saturated heterocycles. The molecule has 1 N–H and O–H groups in total. The normalized spacial score (nSPS) is 27.0. The SMILES string of the molecule is C=C(CCO)C1CCCCS1(=O)=O. The van der Waals surface area contributed by atoms with E-state index in [1.165, 1.54) is 0 Å². The molecular formula is C9H16O3S. The molecule has 0 saturated carbocycles. The maximum atomic E-state index is 11.6. The third kappa shape index (κ3) is 2.54. The summed E-state index contributed by atoms with van der Waals surface area (Å²) in [5.74, 6) is 0.280. The lowest BCUT2D eigenvalue weighted by molar-refractivity contribution is 0.297. The molecule has 0 aromatic rings. The quantitative estimate of drug-likeness (QED) is 0.695. The molecule has 4 heteroatoms. The van der Waals surface area contributed by atoms with Crippen LogP contribution in [0.5, 0.6) is 0 Å². The molecule has 0 amide bonds. The summed E-state index contributed by atoms with van der Waals surface area (Å²) < 4.78 is 23.1. The van der Waals surface area contributed by atoms with Crippen molar-refractivity contribution in [2.45, 2.75) is 30.9 Å². The number of aliphatic hydroxyl groups is 1. The third-order valence-corrected chi connectivity index (χ3v) is 4.76. The Balaban J connectivity index is 2.71. The van der Waals surface area contributed by atoms with Gasteiger partial charge in [0.1, 0.15) is 0 Å². The second-order valence-electron chi connectivity index (χ2n) is 3.48. The molecule has 1 aliphatic rings. The van der Waals surface area contributed by atoms with Gasteiger partial charge in [-0.25, -0.2) is 8.42 Å². The lowest BCUT2D eigenvalue weighted by Crippen LogP contribution is -2.30. The maximum Gasteiger partial charge on any atom is 0.156 e. The van der Waals surface area contributed by atoms with E-state index in [1.54, 1.807) is 0 Å². The van der Waals surface area contributed by atoms with E-state index >= 15 is 0 Å². The minimum Gasteiger partial charge on any atom is -0.396 e. The molecule has 13 heavy (non-hydrogen) atoms. The van der Waals surface area contributed by atoms with Crippen LogP contribution in [0.15, 0.2) is 12.2 Å². The van der Waals surface area contributed by atoms with Crippen LogP contribution in [0.1, 0.15) is 25.7 Å². The van der Waals surface area contributed by atoms with Gasteiger partial charge in [-0.05, 0) is 19.3 Å².